The van der Waals surface area contributed by atoms with Crippen molar-refractivity contribution in [2.75, 3.05) is 13.7 Å². The molecule has 0 radical (unpaired) electrons. The van der Waals surface area contributed by atoms with Gasteiger partial charge in [-0.05, 0) is 42.5 Å². The fraction of sp³-hybridized carbons (Fsp3) is 0.391. The summed E-state index contributed by atoms with van der Waals surface area (Å²) in [6.45, 7) is 2.85. The van der Waals surface area contributed by atoms with Gasteiger partial charge in [0.1, 0.15) is 5.75 Å². The molecule has 1 amide bonds. The lowest BCUT2D eigenvalue weighted by Crippen LogP contribution is -2.30. The van der Waals surface area contributed by atoms with E-state index in [1.807, 2.05) is 53.4 Å². The second-order valence-corrected chi connectivity index (χ2v) is 6.99. The number of methoxy groups -OCH3 is 1. The Labute approximate surface area is 161 Å². The van der Waals surface area contributed by atoms with Crippen LogP contribution in [0.3, 0.4) is 0 Å². The summed E-state index contributed by atoms with van der Waals surface area (Å²) in [6, 6.07) is 15.7. The summed E-state index contributed by atoms with van der Waals surface area (Å²) >= 11 is 0. The maximum Gasteiger partial charge on any atom is 0.223 e. The van der Waals surface area contributed by atoms with Crippen LogP contribution in [0.25, 0.3) is 0 Å². The highest BCUT2D eigenvalue weighted by Crippen LogP contribution is 2.33. The molecule has 4 heteroatoms. The lowest BCUT2D eigenvalue weighted by Gasteiger charge is -2.25. The summed E-state index contributed by atoms with van der Waals surface area (Å²) in [5.41, 5.74) is 3.03. The average molecular weight is 365 g/mol. The first-order valence-corrected chi connectivity index (χ1v) is 9.68. The molecule has 0 aromatic heterocycles. The fourth-order valence-corrected chi connectivity index (χ4v) is 3.67. The van der Waals surface area contributed by atoms with Gasteiger partial charge in [-0.15, -0.1) is 0 Å². The normalized spacial score (nSPS) is 16.4. The summed E-state index contributed by atoms with van der Waals surface area (Å²) in [5, 5.41) is 0. The van der Waals surface area contributed by atoms with E-state index in [9.17, 15) is 9.59 Å². The van der Waals surface area contributed by atoms with Crippen LogP contribution < -0.4 is 4.74 Å². The predicted octanol–water partition coefficient (Wildman–Crippen LogP) is 4.58. The maximum absolute atomic E-state index is 12.7. The van der Waals surface area contributed by atoms with Crippen LogP contribution in [0.4, 0.5) is 0 Å². The molecule has 1 saturated heterocycles. The Kier molecular flexibility index (Phi) is 6.28. The molecule has 1 aliphatic rings. The van der Waals surface area contributed by atoms with Crippen molar-refractivity contribution < 1.29 is 14.3 Å². The summed E-state index contributed by atoms with van der Waals surface area (Å²) in [4.78, 5) is 27.1. The van der Waals surface area contributed by atoms with Crippen molar-refractivity contribution in [3.8, 4) is 5.75 Å². The van der Waals surface area contributed by atoms with Crippen molar-refractivity contribution in [2.45, 2.75) is 45.1 Å². The number of likely N-dealkylation sites (tertiary alicyclic amines) is 1. The third kappa shape index (κ3) is 4.57. The van der Waals surface area contributed by atoms with Crippen molar-refractivity contribution in [1.29, 1.82) is 0 Å². The topological polar surface area (TPSA) is 46.6 Å². The molecule has 0 aliphatic carbocycles. The van der Waals surface area contributed by atoms with Gasteiger partial charge >= 0.3 is 0 Å². The molecule has 0 bridgehead atoms. The fourth-order valence-electron chi connectivity index (χ4n) is 3.67. The number of hydrogen-bond acceptors (Lipinski definition) is 3. The molecule has 0 N–H and O–H groups in total. The maximum atomic E-state index is 12.7. The number of carbonyl (C=O) groups is 2. The number of amides is 1. The molecule has 1 fully saturated rings. The lowest BCUT2D eigenvalue weighted by atomic mass is 10.0. The first-order valence-electron chi connectivity index (χ1n) is 9.68. The molecule has 0 saturated carbocycles. The van der Waals surface area contributed by atoms with E-state index in [0.717, 1.165) is 37.1 Å². The smallest absolute Gasteiger partial charge is 0.223 e. The van der Waals surface area contributed by atoms with Gasteiger partial charge in [0, 0.05) is 24.9 Å². The van der Waals surface area contributed by atoms with Crippen LogP contribution in [0.15, 0.2) is 48.5 Å². The Bertz CT molecular complexity index is 780. The van der Waals surface area contributed by atoms with Gasteiger partial charge in [-0.3, -0.25) is 9.59 Å². The number of benzene rings is 2. The number of ketones is 1. The second-order valence-electron chi connectivity index (χ2n) is 6.99. The van der Waals surface area contributed by atoms with Crippen molar-refractivity contribution in [1.82, 2.24) is 4.90 Å². The van der Waals surface area contributed by atoms with E-state index in [0.29, 0.717) is 5.56 Å². The van der Waals surface area contributed by atoms with Gasteiger partial charge < -0.3 is 9.64 Å². The van der Waals surface area contributed by atoms with Crippen molar-refractivity contribution in [2.24, 2.45) is 0 Å². The Morgan fingerprint density at radius 2 is 1.74 bits per heavy atom. The first kappa shape index (κ1) is 19.2. The van der Waals surface area contributed by atoms with Gasteiger partial charge in [0.25, 0.3) is 0 Å². The van der Waals surface area contributed by atoms with Crippen LogP contribution in [0.5, 0.6) is 5.75 Å². The molecule has 1 unspecified atom stereocenters. The van der Waals surface area contributed by atoms with Crippen LogP contribution in [0.2, 0.25) is 0 Å². The van der Waals surface area contributed by atoms with Gasteiger partial charge in [-0.1, -0.05) is 43.3 Å². The number of aryl methyl sites for hydroxylation is 1. The van der Waals surface area contributed by atoms with Crippen LogP contribution in [-0.2, 0) is 11.2 Å². The molecular formula is C23H27NO3. The Morgan fingerprint density at radius 1 is 1.04 bits per heavy atom. The van der Waals surface area contributed by atoms with Crippen LogP contribution in [0.1, 0.15) is 60.1 Å². The highest BCUT2D eigenvalue weighted by atomic mass is 16.5. The summed E-state index contributed by atoms with van der Waals surface area (Å²) in [5.74, 6) is 0.910. The molecule has 3 rings (SSSR count). The SMILES string of the molecule is CCc1ccc(C(=O)CCC(=O)N2CCCC2c2ccc(OC)cc2)cc1. The van der Waals surface area contributed by atoms with E-state index in [4.69, 9.17) is 4.74 Å². The zero-order chi connectivity index (χ0) is 19.2. The van der Waals surface area contributed by atoms with Gasteiger partial charge in [0.15, 0.2) is 5.78 Å². The van der Waals surface area contributed by atoms with E-state index in [-0.39, 0.29) is 30.6 Å². The van der Waals surface area contributed by atoms with Crippen molar-refractivity contribution in [3.05, 3.63) is 65.2 Å². The standard InChI is InChI=1S/C23H27NO3/c1-3-17-6-8-19(9-7-17)22(25)14-15-23(26)24-16-4-5-21(24)18-10-12-20(27-2)13-11-18/h6-13,21H,3-5,14-16H2,1-2H3. The Hall–Kier alpha value is -2.62. The Morgan fingerprint density at radius 3 is 2.37 bits per heavy atom. The lowest BCUT2D eigenvalue weighted by molar-refractivity contribution is -0.132. The molecular weight excluding hydrogens is 338 g/mol. The van der Waals surface area contributed by atoms with E-state index < -0.39 is 0 Å². The molecule has 0 spiro atoms. The molecule has 27 heavy (non-hydrogen) atoms. The van der Waals surface area contributed by atoms with Crippen molar-refractivity contribution >= 4 is 11.7 Å². The number of Topliss-reactive ketones (excluding diaryl/α,β-unsaturated/α-hetero) is 1. The van der Waals surface area contributed by atoms with Gasteiger partial charge in [-0.2, -0.15) is 0 Å². The minimum Gasteiger partial charge on any atom is -0.497 e. The van der Waals surface area contributed by atoms with E-state index in [1.165, 1.54) is 5.56 Å². The number of carbonyl (C=O) groups excluding carboxylic acids is 2. The number of hydrogen-bond donors (Lipinski definition) is 0. The average Bonchev–Trinajstić information content (AvgIpc) is 3.22. The molecule has 2 aromatic rings. The second kappa shape index (κ2) is 8.85. The van der Waals surface area contributed by atoms with E-state index in [2.05, 4.69) is 6.92 Å². The number of ether oxygens (including phenoxy) is 1. The predicted molar refractivity (Wildman–Crippen MR) is 106 cm³/mol. The molecule has 1 aliphatic heterocycles. The highest BCUT2D eigenvalue weighted by molar-refractivity contribution is 5.98. The van der Waals surface area contributed by atoms with Gasteiger partial charge in [-0.25, -0.2) is 0 Å². The molecule has 4 nitrogen and oxygen atoms in total. The third-order valence-electron chi connectivity index (χ3n) is 5.32. The van der Waals surface area contributed by atoms with Crippen LogP contribution >= 0.6 is 0 Å². The van der Waals surface area contributed by atoms with Crippen molar-refractivity contribution in [3.63, 3.8) is 0 Å². The quantitative estimate of drug-likeness (QED) is 0.675. The van der Waals surface area contributed by atoms with Gasteiger partial charge in [0.2, 0.25) is 5.91 Å². The summed E-state index contributed by atoms with van der Waals surface area (Å²) in [7, 11) is 1.65. The minimum atomic E-state index is 0.0335. The minimum absolute atomic E-state index is 0.0335. The monoisotopic (exact) mass is 365 g/mol. The van der Waals surface area contributed by atoms with E-state index in [1.54, 1.807) is 7.11 Å². The third-order valence-corrected chi connectivity index (χ3v) is 5.32. The van der Waals surface area contributed by atoms with Crippen LogP contribution in [-0.4, -0.2) is 30.2 Å². The summed E-state index contributed by atoms with van der Waals surface area (Å²) in [6.07, 6.45) is 3.44. The zero-order valence-corrected chi connectivity index (χ0v) is 16.1. The molecule has 1 heterocycles. The number of rotatable bonds is 7. The van der Waals surface area contributed by atoms with Gasteiger partial charge in [0.05, 0.1) is 13.2 Å². The number of nitrogens with zero attached hydrogens (tertiary/aromatic N) is 1. The first-order chi connectivity index (χ1) is 13.1. The molecule has 142 valence electrons. The van der Waals surface area contributed by atoms with E-state index >= 15 is 0 Å². The highest BCUT2D eigenvalue weighted by Gasteiger charge is 2.29. The zero-order valence-electron chi connectivity index (χ0n) is 16.1. The van der Waals surface area contributed by atoms with Crippen LogP contribution in [0, 0.1) is 0 Å². The molecule has 1 atom stereocenters. The largest absolute Gasteiger partial charge is 0.497 e. The Balaban J connectivity index is 1.59. The molecule has 2 aromatic carbocycles. The summed E-state index contributed by atoms with van der Waals surface area (Å²) < 4.78 is 5.21.